The molecule has 2 N–H and O–H groups in total. The van der Waals surface area contributed by atoms with Crippen LogP contribution in [-0.4, -0.2) is 32.1 Å². The Labute approximate surface area is 191 Å². The van der Waals surface area contributed by atoms with E-state index >= 15 is 0 Å². The van der Waals surface area contributed by atoms with E-state index in [4.69, 9.17) is 9.79 Å². The lowest BCUT2D eigenvalue weighted by Crippen LogP contribution is -2.43. The van der Waals surface area contributed by atoms with Gasteiger partial charge in [0.15, 0.2) is 0 Å². The Morgan fingerprint density at radius 3 is 1.07 bits per heavy atom. The van der Waals surface area contributed by atoms with Crippen LogP contribution in [0.1, 0.15) is 103 Å². The zero-order valence-corrected chi connectivity index (χ0v) is 24.2. The molecule has 182 valence electrons. The quantitative estimate of drug-likeness (QED) is 0.104. The number of rotatable bonds is 20. The first kappa shape index (κ1) is 30.6. The molecule has 0 radical (unpaired) electrons. The van der Waals surface area contributed by atoms with Crippen LogP contribution >= 0.6 is 7.60 Å². The maximum absolute atomic E-state index is 10.8. The molecule has 3 nitrogen and oxygen atoms in total. The summed E-state index contributed by atoms with van der Waals surface area (Å²) in [5.41, 5.74) is 0. The monoisotopic (exact) mass is 478 g/mol. The highest BCUT2D eigenvalue weighted by atomic mass is 31.2. The predicted molar refractivity (Wildman–Crippen MR) is 141 cm³/mol. The predicted octanol–water partition coefficient (Wildman–Crippen LogP) is 8.99. The van der Waals surface area contributed by atoms with Gasteiger partial charge in [-0.2, -0.15) is 0 Å². The lowest BCUT2D eigenvalue weighted by atomic mass is 10.0. The van der Waals surface area contributed by atoms with E-state index in [9.17, 15) is 4.57 Å². The number of unbranched alkanes of at least 4 members (excludes halogenated alkanes) is 14. The summed E-state index contributed by atoms with van der Waals surface area (Å²) in [4.78, 5) is 17.6. The third-order valence-corrected chi connectivity index (χ3v) is 17.4. The Hall–Kier alpha value is 0.584. The third kappa shape index (κ3) is 19.3. The van der Waals surface area contributed by atoms with Crippen molar-refractivity contribution < 1.29 is 14.4 Å². The van der Waals surface area contributed by atoms with Crippen molar-refractivity contribution >= 4 is 23.7 Å². The van der Waals surface area contributed by atoms with Gasteiger partial charge in [-0.15, -0.1) is 0 Å². The molecule has 0 rings (SSSR count). The summed E-state index contributed by atoms with van der Waals surface area (Å²) in [6.45, 7) is 15.5. The van der Waals surface area contributed by atoms with Crippen molar-refractivity contribution in [3.05, 3.63) is 0 Å². The maximum atomic E-state index is 10.8. The van der Waals surface area contributed by atoms with E-state index in [2.05, 4.69) is 39.3 Å². The second-order valence-electron chi connectivity index (χ2n) is 11.8. The van der Waals surface area contributed by atoms with Crippen molar-refractivity contribution in [1.82, 2.24) is 0 Å². The highest BCUT2D eigenvalue weighted by Crippen LogP contribution is 2.37. The van der Waals surface area contributed by atoms with Crippen molar-refractivity contribution in [3.63, 3.8) is 0 Å². The molecule has 0 saturated heterocycles. The zero-order valence-electron chi connectivity index (χ0n) is 21.3. The highest BCUT2D eigenvalue weighted by molar-refractivity contribution is 7.51. The van der Waals surface area contributed by atoms with Crippen LogP contribution in [0, 0.1) is 0 Å². The Morgan fingerprint density at radius 2 is 0.800 bits per heavy atom. The molecule has 0 aliphatic carbocycles. The normalized spacial score (nSPS) is 13.4. The molecule has 0 aromatic heterocycles. The minimum Gasteiger partial charge on any atom is -0.324 e. The van der Waals surface area contributed by atoms with Gasteiger partial charge in [0, 0.05) is 22.3 Å². The summed E-state index contributed by atoms with van der Waals surface area (Å²) < 4.78 is 10.8. The molecule has 0 aromatic rings. The van der Waals surface area contributed by atoms with Gasteiger partial charge >= 0.3 is 7.60 Å². The number of hydrogen-bond donors (Lipinski definition) is 2. The highest BCUT2D eigenvalue weighted by Gasteiger charge is 2.36. The van der Waals surface area contributed by atoms with E-state index < -0.39 is 23.7 Å². The molecule has 0 fully saturated rings. The smallest absolute Gasteiger partial charge is 0.324 e. The molecular formula is C24H55O3PSi2. The fourth-order valence-corrected chi connectivity index (χ4v) is 18.3. The van der Waals surface area contributed by atoms with Gasteiger partial charge in [0.2, 0.25) is 0 Å². The average molecular weight is 479 g/mol. The van der Waals surface area contributed by atoms with E-state index in [0.717, 1.165) is 18.0 Å². The molecule has 0 saturated carbocycles. The van der Waals surface area contributed by atoms with Crippen LogP contribution in [0.5, 0.6) is 0 Å². The van der Waals surface area contributed by atoms with Crippen molar-refractivity contribution in [1.29, 1.82) is 0 Å². The minimum atomic E-state index is -3.77. The van der Waals surface area contributed by atoms with E-state index in [1.165, 1.54) is 83.5 Å². The van der Waals surface area contributed by atoms with Gasteiger partial charge in [0.05, 0.1) is 0 Å². The van der Waals surface area contributed by atoms with Crippen LogP contribution in [0.3, 0.4) is 0 Å². The van der Waals surface area contributed by atoms with Crippen LogP contribution in [0.15, 0.2) is 0 Å². The molecule has 0 atom stereocenters. The molecule has 0 aliphatic heterocycles. The molecule has 0 aromatic carbocycles. The van der Waals surface area contributed by atoms with Gasteiger partial charge in [-0.05, 0) is 6.42 Å². The van der Waals surface area contributed by atoms with Crippen LogP contribution in [0.2, 0.25) is 44.4 Å². The maximum Gasteiger partial charge on any atom is 0.325 e. The molecule has 0 amide bonds. The summed E-state index contributed by atoms with van der Waals surface area (Å²) in [6, 6.07) is 0. The van der Waals surface area contributed by atoms with Crippen LogP contribution < -0.4 is 0 Å². The van der Waals surface area contributed by atoms with Crippen LogP contribution in [-0.2, 0) is 4.57 Å². The molecule has 0 spiro atoms. The van der Waals surface area contributed by atoms with E-state index in [-0.39, 0.29) is 6.16 Å². The molecule has 0 aliphatic rings. The van der Waals surface area contributed by atoms with Gasteiger partial charge in [-0.1, -0.05) is 141 Å². The lowest BCUT2D eigenvalue weighted by Gasteiger charge is -2.38. The van der Waals surface area contributed by atoms with Gasteiger partial charge in [0.1, 0.15) is 0 Å². The van der Waals surface area contributed by atoms with Crippen molar-refractivity contribution in [2.45, 2.75) is 147 Å². The van der Waals surface area contributed by atoms with E-state index in [1.54, 1.807) is 0 Å². The molecule has 0 unspecified atom stereocenters. The first-order chi connectivity index (χ1) is 13.8. The Kier molecular flexibility index (Phi) is 16.6. The fraction of sp³-hybridized carbons (Fsp3) is 1.00. The molecular weight excluding hydrogens is 423 g/mol. The van der Waals surface area contributed by atoms with Crippen molar-refractivity contribution in [2.75, 3.05) is 6.16 Å². The lowest BCUT2D eigenvalue weighted by molar-refractivity contribution is 0.370. The molecule has 0 heterocycles. The van der Waals surface area contributed by atoms with Gasteiger partial charge in [0.25, 0.3) is 0 Å². The van der Waals surface area contributed by atoms with Crippen LogP contribution in [0.4, 0.5) is 0 Å². The second kappa shape index (κ2) is 16.2. The Balaban J connectivity index is 3.40. The largest absolute Gasteiger partial charge is 0.325 e. The van der Waals surface area contributed by atoms with Crippen LogP contribution in [0.25, 0.3) is 0 Å². The van der Waals surface area contributed by atoms with Crippen molar-refractivity contribution in [3.8, 4) is 0 Å². The Bertz CT molecular complexity index is 438. The summed E-state index contributed by atoms with van der Waals surface area (Å²) in [5, 5.41) is 1.07. The molecule has 0 bridgehead atoms. The topological polar surface area (TPSA) is 57.5 Å². The summed E-state index contributed by atoms with van der Waals surface area (Å²) >= 11 is 0. The number of hydrogen-bond acceptors (Lipinski definition) is 1. The van der Waals surface area contributed by atoms with E-state index in [1.807, 2.05) is 0 Å². The first-order valence-electron chi connectivity index (χ1n) is 12.9. The van der Waals surface area contributed by atoms with Crippen molar-refractivity contribution in [2.24, 2.45) is 0 Å². The Morgan fingerprint density at radius 1 is 0.533 bits per heavy atom. The average Bonchev–Trinajstić information content (AvgIpc) is 2.57. The fourth-order valence-electron chi connectivity index (χ4n) is 5.13. The second-order valence-corrected chi connectivity index (χ2v) is 25.0. The van der Waals surface area contributed by atoms with Gasteiger partial charge in [-0.3, -0.25) is 4.57 Å². The minimum absolute atomic E-state index is 0.0600. The third-order valence-electron chi connectivity index (χ3n) is 6.53. The zero-order chi connectivity index (χ0) is 23.1. The SMILES string of the molecule is C[Si](C)(C)C(CCCCCCCCCCCCCCCCCP(=O)(O)O)[Si](C)(C)C. The van der Waals surface area contributed by atoms with Gasteiger partial charge in [-0.25, -0.2) is 0 Å². The summed E-state index contributed by atoms with van der Waals surface area (Å²) in [7, 11) is -5.78. The summed E-state index contributed by atoms with van der Waals surface area (Å²) in [5.74, 6) is 0. The standard InChI is InChI=1S/C24H55O3PSi2/c1-29(2,3)24(30(4,5)6)22-20-18-16-14-12-10-8-7-9-11-13-15-17-19-21-23-28(25,26)27/h24H,7-23H2,1-6H3,(H2,25,26,27). The molecule has 30 heavy (non-hydrogen) atoms. The van der Waals surface area contributed by atoms with Gasteiger partial charge < -0.3 is 9.79 Å². The summed E-state index contributed by atoms with van der Waals surface area (Å²) in [6.07, 6.45) is 20.9. The van der Waals surface area contributed by atoms with E-state index in [0.29, 0.717) is 6.42 Å². The molecule has 6 heteroatoms. The first-order valence-corrected chi connectivity index (χ1v) is 21.8.